The number of hydrogen-bond donors (Lipinski definition) is 2. The van der Waals surface area contributed by atoms with Crippen molar-refractivity contribution in [1.82, 2.24) is 20.5 Å². The van der Waals surface area contributed by atoms with Gasteiger partial charge >= 0.3 is 6.09 Å². The molecule has 1 saturated heterocycles. The van der Waals surface area contributed by atoms with Crippen LogP contribution in [-0.2, 0) is 11.2 Å². The van der Waals surface area contributed by atoms with Gasteiger partial charge in [0.1, 0.15) is 17.0 Å². The number of pyridine rings is 1. The standard InChI is InChI=1S/C26H32N4O5/c1-26(2,3)35-25(33)30-13-19-20(14-30)22(19)29-23(31)16-11-17(28-21(12-16)24(32)27-4)9-15-7-6-8-18(10-15)34-5/h6-8,10-12,19-20,22H,9,13-14H2,1-5H3,(H,27,32)(H,29,31)/t19-,20+,22?. The summed E-state index contributed by atoms with van der Waals surface area (Å²) in [4.78, 5) is 43.9. The summed E-state index contributed by atoms with van der Waals surface area (Å²) in [5.41, 5.74) is 1.59. The van der Waals surface area contributed by atoms with Crippen LogP contribution < -0.4 is 15.4 Å². The highest BCUT2D eigenvalue weighted by atomic mass is 16.6. The van der Waals surface area contributed by atoms with Crippen LogP contribution in [0.5, 0.6) is 5.75 Å². The van der Waals surface area contributed by atoms with Gasteiger partial charge in [0.25, 0.3) is 11.8 Å². The molecule has 9 nitrogen and oxygen atoms in total. The lowest BCUT2D eigenvalue weighted by atomic mass is 10.1. The van der Waals surface area contributed by atoms with Crippen LogP contribution in [0.15, 0.2) is 36.4 Å². The SMILES string of the molecule is CNC(=O)c1cc(C(=O)NC2[C@H]3CN(C(=O)OC(C)(C)C)C[C@@H]23)cc(Cc2cccc(OC)c2)n1. The molecule has 3 amide bonds. The number of aromatic nitrogens is 1. The zero-order valence-corrected chi connectivity index (χ0v) is 20.8. The van der Waals surface area contributed by atoms with Crippen LogP contribution >= 0.6 is 0 Å². The molecular weight excluding hydrogens is 448 g/mol. The van der Waals surface area contributed by atoms with E-state index in [1.807, 2.05) is 45.0 Å². The number of rotatable bonds is 6. The lowest BCUT2D eigenvalue weighted by molar-refractivity contribution is 0.0269. The maximum atomic E-state index is 13.1. The predicted octanol–water partition coefficient (Wildman–Crippen LogP) is 2.64. The molecule has 1 aromatic carbocycles. The number of nitrogens with zero attached hydrogens (tertiary/aromatic N) is 2. The van der Waals surface area contributed by atoms with Gasteiger partial charge in [0.05, 0.1) is 7.11 Å². The molecule has 0 radical (unpaired) electrons. The second-order valence-electron chi connectivity index (χ2n) is 10.1. The first-order valence-electron chi connectivity index (χ1n) is 11.7. The molecule has 1 aliphatic carbocycles. The summed E-state index contributed by atoms with van der Waals surface area (Å²) >= 11 is 0. The number of nitrogens with one attached hydrogen (secondary N) is 2. The smallest absolute Gasteiger partial charge is 0.410 e. The summed E-state index contributed by atoms with van der Waals surface area (Å²) in [7, 11) is 3.13. The van der Waals surface area contributed by atoms with Gasteiger partial charge in [0.2, 0.25) is 0 Å². The highest BCUT2D eigenvalue weighted by molar-refractivity contribution is 5.99. The summed E-state index contributed by atoms with van der Waals surface area (Å²) in [5, 5.41) is 5.65. The Bertz CT molecular complexity index is 1130. The average Bonchev–Trinajstić information content (AvgIpc) is 3.24. The number of fused-ring (bicyclic) bond motifs is 1. The van der Waals surface area contributed by atoms with Crippen molar-refractivity contribution in [3.8, 4) is 5.75 Å². The van der Waals surface area contributed by atoms with Gasteiger partial charge in [-0.1, -0.05) is 12.1 Å². The molecule has 0 bridgehead atoms. The van der Waals surface area contributed by atoms with Crippen LogP contribution in [-0.4, -0.2) is 66.7 Å². The first kappa shape index (κ1) is 24.5. The van der Waals surface area contributed by atoms with Gasteiger partial charge in [-0.15, -0.1) is 0 Å². The second kappa shape index (κ2) is 9.56. The van der Waals surface area contributed by atoms with Gasteiger partial charge < -0.3 is 25.0 Å². The Labute approximate surface area is 205 Å². The topological polar surface area (TPSA) is 110 Å². The van der Waals surface area contributed by atoms with Crippen molar-refractivity contribution < 1.29 is 23.9 Å². The molecule has 1 unspecified atom stereocenters. The summed E-state index contributed by atoms with van der Waals surface area (Å²) < 4.78 is 10.7. The van der Waals surface area contributed by atoms with Crippen LogP contribution in [0.25, 0.3) is 0 Å². The Balaban J connectivity index is 1.44. The minimum Gasteiger partial charge on any atom is -0.497 e. The molecule has 1 aliphatic heterocycles. The molecule has 2 aromatic rings. The van der Waals surface area contributed by atoms with E-state index >= 15 is 0 Å². The number of benzene rings is 1. The number of carbonyl (C=O) groups is 3. The largest absolute Gasteiger partial charge is 0.497 e. The van der Waals surface area contributed by atoms with Gasteiger partial charge in [-0.05, 0) is 50.6 Å². The number of ether oxygens (including phenoxy) is 2. The zero-order valence-electron chi connectivity index (χ0n) is 20.8. The average molecular weight is 481 g/mol. The maximum Gasteiger partial charge on any atom is 0.410 e. The van der Waals surface area contributed by atoms with E-state index in [1.54, 1.807) is 18.1 Å². The van der Waals surface area contributed by atoms with Crippen molar-refractivity contribution in [2.45, 2.75) is 38.8 Å². The molecular formula is C26H32N4O5. The van der Waals surface area contributed by atoms with Crippen molar-refractivity contribution in [3.05, 3.63) is 58.9 Å². The third-order valence-electron chi connectivity index (χ3n) is 6.26. The Morgan fingerprint density at radius 3 is 2.43 bits per heavy atom. The van der Waals surface area contributed by atoms with E-state index in [0.29, 0.717) is 30.8 Å². The lowest BCUT2D eigenvalue weighted by Crippen LogP contribution is -2.40. The van der Waals surface area contributed by atoms with Gasteiger partial charge in [-0.2, -0.15) is 0 Å². The molecule has 0 spiro atoms. The fourth-order valence-corrected chi connectivity index (χ4v) is 4.50. The van der Waals surface area contributed by atoms with E-state index in [2.05, 4.69) is 15.6 Å². The van der Waals surface area contributed by atoms with Gasteiger partial charge in [-0.25, -0.2) is 9.78 Å². The Morgan fingerprint density at radius 1 is 1.09 bits per heavy atom. The van der Waals surface area contributed by atoms with E-state index in [-0.39, 0.29) is 41.5 Å². The van der Waals surface area contributed by atoms with E-state index in [9.17, 15) is 14.4 Å². The molecule has 35 heavy (non-hydrogen) atoms. The van der Waals surface area contributed by atoms with E-state index in [1.165, 1.54) is 13.1 Å². The van der Waals surface area contributed by atoms with Crippen LogP contribution in [0.2, 0.25) is 0 Å². The molecule has 9 heteroatoms. The van der Waals surface area contributed by atoms with Gasteiger partial charge in [0.15, 0.2) is 0 Å². The molecule has 2 heterocycles. The predicted molar refractivity (Wildman–Crippen MR) is 129 cm³/mol. The van der Waals surface area contributed by atoms with Crippen LogP contribution in [0, 0.1) is 11.8 Å². The van der Waals surface area contributed by atoms with Crippen LogP contribution in [0.3, 0.4) is 0 Å². The highest BCUT2D eigenvalue weighted by Crippen LogP contribution is 2.46. The van der Waals surface area contributed by atoms with Crippen molar-refractivity contribution in [3.63, 3.8) is 0 Å². The van der Waals surface area contributed by atoms with Gasteiger partial charge in [-0.3, -0.25) is 9.59 Å². The van der Waals surface area contributed by atoms with Crippen molar-refractivity contribution in [2.24, 2.45) is 11.8 Å². The Kier molecular flexibility index (Phi) is 6.69. The van der Waals surface area contributed by atoms with Crippen molar-refractivity contribution in [1.29, 1.82) is 0 Å². The minimum atomic E-state index is -0.538. The number of hydrogen-bond acceptors (Lipinski definition) is 6. The second-order valence-corrected chi connectivity index (χ2v) is 10.1. The molecule has 2 N–H and O–H groups in total. The van der Waals surface area contributed by atoms with E-state index in [4.69, 9.17) is 9.47 Å². The fourth-order valence-electron chi connectivity index (χ4n) is 4.50. The molecule has 3 atom stereocenters. The van der Waals surface area contributed by atoms with Crippen LogP contribution in [0.4, 0.5) is 4.79 Å². The summed E-state index contributed by atoms with van der Waals surface area (Å²) in [5.74, 6) is 0.532. The Hall–Kier alpha value is -3.62. The number of methoxy groups -OCH3 is 1. The maximum absolute atomic E-state index is 13.1. The molecule has 1 aromatic heterocycles. The summed E-state index contributed by atoms with van der Waals surface area (Å²) in [6.07, 6.45) is 0.128. The molecule has 186 valence electrons. The third-order valence-corrected chi connectivity index (χ3v) is 6.26. The van der Waals surface area contributed by atoms with E-state index < -0.39 is 5.60 Å². The normalized spacial score (nSPS) is 20.6. The minimum absolute atomic E-state index is 0.000335. The quantitative estimate of drug-likeness (QED) is 0.658. The van der Waals surface area contributed by atoms with Crippen molar-refractivity contribution >= 4 is 17.9 Å². The molecule has 1 saturated carbocycles. The highest BCUT2D eigenvalue weighted by Gasteiger charge is 2.58. The number of piperidine rings is 1. The molecule has 2 aliphatic rings. The summed E-state index contributed by atoms with van der Waals surface area (Å²) in [6, 6.07) is 10.8. The first-order chi connectivity index (χ1) is 16.6. The molecule has 4 rings (SSSR count). The van der Waals surface area contributed by atoms with Gasteiger partial charge in [0, 0.05) is 55.7 Å². The molecule has 2 fully saturated rings. The monoisotopic (exact) mass is 480 g/mol. The van der Waals surface area contributed by atoms with Crippen molar-refractivity contribution in [2.75, 3.05) is 27.2 Å². The Morgan fingerprint density at radius 2 is 1.80 bits per heavy atom. The zero-order chi connectivity index (χ0) is 25.3. The van der Waals surface area contributed by atoms with Crippen LogP contribution in [0.1, 0.15) is 52.9 Å². The fraction of sp³-hybridized carbons (Fsp3) is 0.462. The number of amides is 3. The number of likely N-dealkylation sites (tertiary alicyclic amines) is 1. The first-order valence-corrected chi connectivity index (χ1v) is 11.7. The lowest BCUT2D eigenvalue weighted by Gasteiger charge is -2.26. The third kappa shape index (κ3) is 5.72. The number of carbonyl (C=O) groups excluding carboxylic acids is 3. The summed E-state index contributed by atoms with van der Waals surface area (Å²) in [6.45, 7) is 6.65. The van der Waals surface area contributed by atoms with E-state index in [0.717, 1.165) is 11.3 Å².